The number of carboxylic acid groups (broad SMARTS) is 1. The number of halogens is 3. The molecule has 0 bridgehead atoms. The van der Waals surface area contributed by atoms with Crippen LogP contribution in [0.3, 0.4) is 0 Å². The Morgan fingerprint density at radius 2 is 2.11 bits per heavy atom. The van der Waals surface area contributed by atoms with Gasteiger partial charge in [0, 0.05) is 12.7 Å². The minimum atomic E-state index is -4.55. The van der Waals surface area contributed by atoms with E-state index in [0.29, 0.717) is 0 Å². The van der Waals surface area contributed by atoms with Crippen LogP contribution in [0, 0.1) is 0 Å². The first kappa shape index (κ1) is 14.0. The summed E-state index contributed by atoms with van der Waals surface area (Å²) in [5.74, 6) is -1.68. The monoisotopic (exact) mass is 265 g/mol. The molecule has 0 saturated carbocycles. The summed E-state index contributed by atoms with van der Waals surface area (Å²) in [6, 6.07) is 0.754. The number of rotatable bonds is 5. The molecule has 100 valence electrons. The van der Waals surface area contributed by atoms with Gasteiger partial charge in [0.05, 0.1) is 6.42 Å². The van der Waals surface area contributed by atoms with Crippen LogP contribution in [0.1, 0.15) is 12.1 Å². The van der Waals surface area contributed by atoms with Gasteiger partial charge in [-0.15, -0.1) is 0 Å². The average Bonchev–Trinajstić information content (AvgIpc) is 2.64. The van der Waals surface area contributed by atoms with Gasteiger partial charge >= 0.3 is 12.1 Å². The largest absolute Gasteiger partial charge is 0.481 e. The molecule has 0 aliphatic carbocycles. The van der Waals surface area contributed by atoms with Crippen LogP contribution in [-0.2, 0) is 22.3 Å². The molecule has 0 aromatic carbocycles. The normalized spacial score (nSPS) is 11.3. The number of aromatic nitrogens is 2. The summed E-state index contributed by atoms with van der Waals surface area (Å²) in [7, 11) is 0. The average molecular weight is 265 g/mol. The third-order valence-corrected chi connectivity index (χ3v) is 1.90. The Morgan fingerprint density at radius 3 is 2.61 bits per heavy atom. The van der Waals surface area contributed by atoms with Gasteiger partial charge in [-0.2, -0.15) is 18.3 Å². The maximum absolute atomic E-state index is 12.2. The van der Waals surface area contributed by atoms with Gasteiger partial charge in [0.2, 0.25) is 5.91 Å². The number of hydrogen-bond donors (Lipinski definition) is 2. The summed E-state index contributed by atoms with van der Waals surface area (Å²) in [5.41, 5.74) is -1.08. The van der Waals surface area contributed by atoms with E-state index >= 15 is 0 Å². The van der Waals surface area contributed by atoms with E-state index in [9.17, 15) is 22.8 Å². The van der Waals surface area contributed by atoms with Crippen molar-refractivity contribution in [3.05, 3.63) is 18.0 Å². The lowest BCUT2D eigenvalue weighted by atomic mass is 10.4. The van der Waals surface area contributed by atoms with E-state index in [0.717, 1.165) is 16.9 Å². The first-order valence-corrected chi connectivity index (χ1v) is 4.88. The zero-order valence-corrected chi connectivity index (χ0v) is 9.07. The predicted octanol–water partition coefficient (Wildman–Crippen LogP) is 0.493. The van der Waals surface area contributed by atoms with Gasteiger partial charge in [0.1, 0.15) is 6.54 Å². The number of carboxylic acids is 1. The van der Waals surface area contributed by atoms with Crippen molar-refractivity contribution in [3.8, 4) is 0 Å². The molecule has 1 heterocycles. The van der Waals surface area contributed by atoms with Gasteiger partial charge in [-0.25, -0.2) is 0 Å². The molecule has 1 aromatic rings. The summed E-state index contributed by atoms with van der Waals surface area (Å²) >= 11 is 0. The van der Waals surface area contributed by atoms with E-state index < -0.39 is 30.3 Å². The van der Waals surface area contributed by atoms with E-state index in [2.05, 4.69) is 10.4 Å². The Labute approximate surface area is 99.4 Å². The van der Waals surface area contributed by atoms with Crippen LogP contribution in [0.5, 0.6) is 0 Å². The maximum Gasteiger partial charge on any atom is 0.435 e. The Hall–Kier alpha value is -2.06. The number of carbonyl (C=O) groups excluding carboxylic acids is 1. The minimum absolute atomic E-state index is 0.0818. The topological polar surface area (TPSA) is 84.2 Å². The molecular formula is C9H10F3N3O3. The standard InChI is InChI=1S/C9H10F3N3O3/c10-9(11,12)6-2-4-15(14-6)5-7(16)13-3-1-8(17)18/h2,4H,1,3,5H2,(H,13,16)(H,17,18). The third-order valence-electron chi connectivity index (χ3n) is 1.90. The number of alkyl halides is 3. The molecule has 0 unspecified atom stereocenters. The zero-order chi connectivity index (χ0) is 13.8. The number of aliphatic carboxylic acids is 1. The van der Waals surface area contributed by atoms with E-state index in [1.54, 1.807) is 0 Å². The molecule has 0 aliphatic heterocycles. The molecule has 0 spiro atoms. The fourth-order valence-corrected chi connectivity index (χ4v) is 1.11. The summed E-state index contributed by atoms with van der Waals surface area (Å²) in [6.07, 6.45) is -3.77. The van der Waals surface area contributed by atoms with E-state index in [-0.39, 0.29) is 13.0 Å². The van der Waals surface area contributed by atoms with Crippen molar-refractivity contribution in [3.63, 3.8) is 0 Å². The van der Waals surface area contributed by atoms with Crippen LogP contribution in [0.25, 0.3) is 0 Å². The molecule has 1 rings (SSSR count). The molecule has 0 fully saturated rings. The number of hydrogen-bond acceptors (Lipinski definition) is 3. The molecule has 0 atom stereocenters. The number of nitrogens with zero attached hydrogens (tertiary/aromatic N) is 2. The lowest BCUT2D eigenvalue weighted by molar-refractivity contribution is -0.142. The van der Waals surface area contributed by atoms with E-state index in [4.69, 9.17) is 5.11 Å². The molecule has 0 saturated heterocycles. The highest BCUT2D eigenvalue weighted by atomic mass is 19.4. The second-order valence-corrected chi connectivity index (χ2v) is 3.39. The number of nitrogens with one attached hydrogen (secondary N) is 1. The van der Waals surface area contributed by atoms with Crippen LogP contribution in [0.2, 0.25) is 0 Å². The molecule has 9 heteroatoms. The van der Waals surface area contributed by atoms with Gasteiger partial charge in [0.25, 0.3) is 0 Å². The first-order chi connectivity index (χ1) is 8.29. The molecule has 0 aliphatic rings. The Kier molecular flexibility index (Phi) is 4.29. The summed E-state index contributed by atoms with van der Waals surface area (Å²) in [6.45, 7) is -0.475. The second-order valence-electron chi connectivity index (χ2n) is 3.39. The van der Waals surface area contributed by atoms with Crippen molar-refractivity contribution in [1.29, 1.82) is 0 Å². The van der Waals surface area contributed by atoms with Crippen molar-refractivity contribution in [1.82, 2.24) is 15.1 Å². The van der Waals surface area contributed by atoms with Crippen LogP contribution >= 0.6 is 0 Å². The Balaban J connectivity index is 2.45. The highest BCUT2D eigenvalue weighted by molar-refractivity contribution is 5.76. The Bertz CT molecular complexity index is 442. The fourth-order valence-electron chi connectivity index (χ4n) is 1.11. The van der Waals surface area contributed by atoms with Crippen LogP contribution in [-0.4, -0.2) is 33.3 Å². The summed E-state index contributed by atoms with van der Waals surface area (Å²) in [5, 5.41) is 13.7. The highest BCUT2D eigenvalue weighted by Gasteiger charge is 2.33. The lowest BCUT2D eigenvalue weighted by Gasteiger charge is -2.04. The second kappa shape index (κ2) is 5.52. The number of carbonyl (C=O) groups is 2. The molecule has 1 aromatic heterocycles. The molecule has 18 heavy (non-hydrogen) atoms. The molecular weight excluding hydrogens is 255 g/mol. The van der Waals surface area contributed by atoms with Crippen LogP contribution in [0.4, 0.5) is 13.2 Å². The molecule has 1 amide bonds. The summed E-state index contributed by atoms with van der Waals surface area (Å²) < 4.78 is 37.4. The third kappa shape index (κ3) is 4.44. The minimum Gasteiger partial charge on any atom is -0.481 e. The van der Waals surface area contributed by atoms with E-state index in [1.165, 1.54) is 0 Å². The smallest absolute Gasteiger partial charge is 0.435 e. The van der Waals surface area contributed by atoms with Gasteiger partial charge in [-0.3, -0.25) is 14.3 Å². The summed E-state index contributed by atoms with van der Waals surface area (Å²) in [4.78, 5) is 21.4. The maximum atomic E-state index is 12.2. The van der Waals surface area contributed by atoms with Crippen molar-refractivity contribution < 1.29 is 27.9 Å². The molecule has 0 radical (unpaired) electrons. The van der Waals surface area contributed by atoms with Gasteiger partial charge in [-0.05, 0) is 6.07 Å². The molecule has 2 N–H and O–H groups in total. The lowest BCUT2D eigenvalue weighted by Crippen LogP contribution is -2.29. The van der Waals surface area contributed by atoms with Gasteiger partial charge in [-0.1, -0.05) is 0 Å². The predicted molar refractivity (Wildman–Crippen MR) is 52.5 cm³/mol. The van der Waals surface area contributed by atoms with Crippen molar-refractivity contribution in [2.75, 3.05) is 6.54 Å². The zero-order valence-electron chi connectivity index (χ0n) is 9.07. The SMILES string of the molecule is O=C(O)CCNC(=O)Cn1ccc(C(F)(F)F)n1. The highest BCUT2D eigenvalue weighted by Crippen LogP contribution is 2.27. The molecule has 6 nitrogen and oxygen atoms in total. The van der Waals surface area contributed by atoms with Crippen molar-refractivity contribution >= 4 is 11.9 Å². The van der Waals surface area contributed by atoms with Gasteiger partial charge < -0.3 is 10.4 Å². The fraction of sp³-hybridized carbons (Fsp3) is 0.444. The number of amides is 1. The first-order valence-electron chi connectivity index (χ1n) is 4.88. The van der Waals surface area contributed by atoms with Gasteiger partial charge in [0.15, 0.2) is 5.69 Å². The quantitative estimate of drug-likeness (QED) is 0.811. The van der Waals surface area contributed by atoms with Crippen LogP contribution in [0.15, 0.2) is 12.3 Å². The van der Waals surface area contributed by atoms with E-state index in [1.807, 2.05) is 0 Å². The van der Waals surface area contributed by atoms with Crippen molar-refractivity contribution in [2.24, 2.45) is 0 Å². The Morgan fingerprint density at radius 1 is 1.44 bits per heavy atom. The van der Waals surface area contributed by atoms with Crippen molar-refractivity contribution in [2.45, 2.75) is 19.1 Å². The van der Waals surface area contributed by atoms with Crippen LogP contribution < -0.4 is 5.32 Å².